The molecule has 0 saturated heterocycles. The Morgan fingerprint density at radius 2 is 2.11 bits per heavy atom. The van der Waals surface area contributed by atoms with Crippen LogP contribution in [0.25, 0.3) is 0 Å². The number of hydrogen-bond donors (Lipinski definition) is 0. The molecule has 5 heteroatoms. The van der Waals surface area contributed by atoms with Gasteiger partial charge in [0.25, 0.3) is 0 Å². The van der Waals surface area contributed by atoms with E-state index in [1.54, 1.807) is 0 Å². The third kappa shape index (κ3) is 12.4. The molecule has 0 aliphatic rings. The fourth-order valence-electron chi connectivity index (χ4n) is 0.184. The Bertz CT molecular complexity index is 53.1. The van der Waals surface area contributed by atoms with Crippen LogP contribution in [0.5, 0.6) is 0 Å². The largest absolute Gasteiger partial charge is 1.00 e. The quantitative estimate of drug-likeness (QED) is 0.150. The molecule has 0 spiro atoms. The Morgan fingerprint density at radius 1 is 1.56 bits per heavy atom. The zero-order valence-electron chi connectivity index (χ0n) is 5.92. The maximum atomic E-state index is 9.17. The molecule has 0 aromatic rings. The summed E-state index contributed by atoms with van der Waals surface area (Å²) in [5.74, 6) is 1.30. The van der Waals surface area contributed by atoms with Gasteiger partial charge in [0.05, 0.1) is 0 Å². The third-order valence-electron chi connectivity index (χ3n) is 0.477. The van der Waals surface area contributed by atoms with Crippen LogP contribution >= 0.6 is 12.0 Å². The van der Waals surface area contributed by atoms with E-state index in [1.165, 1.54) is 0 Å². The molecule has 0 amide bonds. The van der Waals surface area contributed by atoms with Crippen molar-refractivity contribution in [1.82, 2.24) is 0 Å². The Hall–Kier alpha value is 1.23. The van der Waals surface area contributed by atoms with Crippen molar-refractivity contribution in [3.05, 3.63) is 0 Å². The van der Waals surface area contributed by atoms with Crippen LogP contribution in [0, 0.1) is 5.92 Å². The first-order valence-electron chi connectivity index (χ1n) is 2.35. The Kier molecular flexibility index (Phi) is 13.2. The van der Waals surface area contributed by atoms with Crippen LogP contribution < -0.4 is 34.8 Å². The maximum Gasteiger partial charge on any atom is 1.00 e. The average molecular weight is 160 g/mol. The molecule has 0 saturated carbocycles. The van der Waals surface area contributed by atoms with Gasteiger partial charge in [-0.25, -0.2) is 0 Å². The minimum absolute atomic E-state index is 0. The molecule has 0 radical (unpaired) electrons. The summed E-state index contributed by atoms with van der Waals surface area (Å²) < 4.78 is 4.01. The number of hydrogen-bond acceptors (Lipinski definition) is 4. The molecule has 9 heavy (non-hydrogen) atoms. The van der Waals surface area contributed by atoms with Gasteiger partial charge in [-0.2, -0.15) is 4.33 Å². The first kappa shape index (κ1) is 12.9. The summed E-state index contributed by atoms with van der Waals surface area (Å²) in [5.41, 5.74) is 0. The second-order valence-electron chi connectivity index (χ2n) is 1.81. The molecule has 0 fully saturated rings. The van der Waals surface area contributed by atoms with E-state index in [1.807, 2.05) is 13.8 Å². The second kappa shape index (κ2) is 9.23. The predicted octanol–water partition coefficient (Wildman–Crippen LogP) is -2.48. The number of rotatable bonds is 4. The van der Waals surface area contributed by atoms with Crippen molar-refractivity contribution in [2.75, 3.05) is 5.75 Å². The second-order valence-corrected chi connectivity index (χ2v) is 2.52. The minimum atomic E-state index is 0. The SMILES string of the molecule is CC(C)CSOO[O-].[Na+]. The molecule has 0 N–H and O–H groups in total. The van der Waals surface area contributed by atoms with Crippen LogP contribution in [0.15, 0.2) is 0 Å². The van der Waals surface area contributed by atoms with Gasteiger partial charge in [-0.05, 0) is 5.92 Å². The molecule has 0 heterocycles. The molecule has 0 atom stereocenters. The first-order valence-corrected chi connectivity index (χ1v) is 3.26. The normalized spacial score (nSPS) is 9.33. The Balaban J connectivity index is 0. The molecule has 0 aliphatic heterocycles. The monoisotopic (exact) mass is 160 g/mol. The molecule has 0 rings (SSSR count). The zero-order valence-corrected chi connectivity index (χ0v) is 8.73. The molecule has 0 aromatic heterocycles. The summed E-state index contributed by atoms with van der Waals surface area (Å²) in [6.07, 6.45) is 0. The van der Waals surface area contributed by atoms with Gasteiger partial charge in [0, 0.05) is 17.8 Å². The Morgan fingerprint density at radius 3 is 2.44 bits per heavy atom. The van der Waals surface area contributed by atoms with Crippen LogP contribution in [0.4, 0.5) is 0 Å². The van der Waals surface area contributed by atoms with E-state index in [2.05, 4.69) is 9.37 Å². The summed E-state index contributed by atoms with van der Waals surface area (Å²) in [6, 6.07) is 0. The van der Waals surface area contributed by atoms with Gasteiger partial charge < -0.3 is 5.26 Å². The van der Waals surface area contributed by atoms with Crippen LogP contribution in [-0.2, 0) is 9.37 Å². The first-order chi connectivity index (χ1) is 3.77. The summed E-state index contributed by atoms with van der Waals surface area (Å²) in [6.45, 7) is 4.06. The van der Waals surface area contributed by atoms with Crippen molar-refractivity contribution >= 4 is 12.0 Å². The van der Waals surface area contributed by atoms with Gasteiger partial charge in [-0.3, -0.25) is 5.04 Å². The van der Waals surface area contributed by atoms with Crippen molar-refractivity contribution in [3.8, 4) is 0 Å². The molecule has 0 bridgehead atoms. The van der Waals surface area contributed by atoms with Crippen molar-refractivity contribution in [3.63, 3.8) is 0 Å². The van der Waals surface area contributed by atoms with Gasteiger partial charge in [0.1, 0.15) is 0 Å². The van der Waals surface area contributed by atoms with Gasteiger partial charge in [0.2, 0.25) is 0 Å². The van der Waals surface area contributed by atoms with Crippen LogP contribution in [-0.4, -0.2) is 5.75 Å². The molecular weight excluding hydrogens is 151 g/mol. The van der Waals surface area contributed by atoms with Crippen molar-refractivity contribution in [2.24, 2.45) is 5.92 Å². The average Bonchev–Trinajstić information content (AvgIpc) is 1.66. The van der Waals surface area contributed by atoms with E-state index in [0.717, 1.165) is 17.8 Å². The van der Waals surface area contributed by atoms with Crippen LogP contribution in [0.1, 0.15) is 13.8 Å². The fourth-order valence-corrected chi connectivity index (χ4v) is 0.551. The molecule has 0 unspecified atom stereocenters. The van der Waals surface area contributed by atoms with E-state index < -0.39 is 0 Å². The Labute approximate surface area is 81.5 Å². The molecule has 3 nitrogen and oxygen atoms in total. The standard InChI is InChI=1S/C4H10O3S.Na/c1-4(2)3-8-7-6-5;/h4-5H,3H2,1-2H3;/q;+1/p-1. The molecule has 0 aromatic carbocycles. The topological polar surface area (TPSA) is 41.5 Å². The van der Waals surface area contributed by atoms with E-state index in [0.29, 0.717) is 5.92 Å². The summed E-state index contributed by atoms with van der Waals surface area (Å²) in [4.78, 5) is 0. The third-order valence-corrected chi connectivity index (χ3v) is 1.43. The van der Waals surface area contributed by atoms with E-state index in [9.17, 15) is 0 Å². The zero-order chi connectivity index (χ0) is 6.41. The summed E-state index contributed by atoms with van der Waals surface area (Å²) in [7, 11) is 0. The smallest absolute Gasteiger partial charge is 0.691 e. The summed E-state index contributed by atoms with van der Waals surface area (Å²) >= 11 is 1.03. The van der Waals surface area contributed by atoms with Gasteiger partial charge in [0.15, 0.2) is 0 Å². The van der Waals surface area contributed by atoms with E-state index in [4.69, 9.17) is 5.26 Å². The fraction of sp³-hybridized carbons (Fsp3) is 1.00. The van der Waals surface area contributed by atoms with Gasteiger partial charge >= 0.3 is 29.6 Å². The van der Waals surface area contributed by atoms with Crippen molar-refractivity contribution in [2.45, 2.75) is 13.8 Å². The van der Waals surface area contributed by atoms with E-state index >= 15 is 0 Å². The molecular formula is C4H9NaO3S. The van der Waals surface area contributed by atoms with Crippen LogP contribution in [0.3, 0.4) is 0 Å². The summed E-state index contributed by atoms with van der Waals surface area (Å²) in [5, 5.41) is 12.3. The van der Waals surface area contributed by atoms with E-state index in [-0.39, 0.29) is 29.6 Å². The van der Waals surface area contributed by atoms with Crippen molar-refractivity contribution in [1.29, 1.82) is 0 Å². The maximum absolute atomic E-state index is 9.17. The van der Waals surface area contributed by atoms with Crippen molar-refractivity contribution < 1.29 is 44.2 Å². The van der Waals surface area contributed by atoms with Gasteiger partial charge in [-0.1, -0.05) is 13.8 Å². The van der Waals surface area contributed by atoms with Gasteiger partial charge in [-0.15, -0.1) is 0 Å². The molecule has 0 aliphatic carbocycles. The minimum Gasteiger partial charge on any atom is -0.691 e. The van der Waals surface area contributed by atoms with Crippen LogP contribution in [0.2, 0.25) is 0 Å². The predicted molar refractivity (Wildman–Crippen MR) is 29.5 cm³/mol. The molecule has 50 valence electrons.